The van der Waals surface area contributed by atoms with Gasteiger partial charge in [0.15, 0.2) is 11.4 Å². The molecule has 3 atom stereocenters. The van der Waals surface area contributed by atoms with E-state index in [1.54, 1.807) is 17.8 Å². The highest BCUT2D eigenvalue weighted by molar-refractivity contribution is 5.97. The molecule has 2 rings (SSSR count). The van der Waals surface area contributed by atoms with E-state index >= 15 is 0 Å². The summed E-state index contributed by atoms with van der Waals surface area (Å²) < 4.78 is 17.9. The Hall–Kier alpha value is -4.45. The van der Waals surface area contributed by atoms with Crippen LogP contribution >= 0.6 is 0 Å². The van der Waals surface area contributed by atoms with Crippen molar-refractivity contribution in [1.82, 2.24) is 41.2 Å². The summed E-state index contributed by atoms with van der Waals surface area (Å²) in [6.45, 7) is 16.2. The maximum atomic E-state index is 13.8. The monoisotopic (exact) mass is 792 g/mol. The molecule has 0 bridgehead atoms. The minimum absolute atomic E-state index is 0.0105. The molecule has 0 spiro atoms. The average molecular weight is 793 g/mol. The molecule has 4 N–H and O–H groups in total. The van der Waals surface area contributed by atoms with Gasteiger partial charge in [-0.25, -0.2) is 4.68 Å². The molecule has 316 valence electrons. The second kappa shape index (κ2) is 24.2. The van der Waals surface area contributed by atoms with Crippen molar-refractivity contribution in [3.05, 3.63) is 11.9 Å². The van der Waals surface area contributed by atoms with Crippen LogP contribution in [0.1, 0.15) is 112 Å². The minimum Gasteiger partial charge on any atom is -0.459 e. The zero-order chi connectivity index (χ0) is 41.8. The van der Waals surface area contributed by atoms with Gasteiger partial charge in [0.25, 0.3) is 0 Å². The molecule has 1 fully saturated rings. The molecule has 0 aromatic carbocycles. The lowest BCUT2D eigenvalue weighted by atomic mass is 9.88. The molecule has 1 aliphatic heterocycles. The van der Waals surface area contributed by atoms with E-state index in [0.717, 1.165) is 12.8 Å². The summed E-state index contributed by atoms with van der Waals surface area (Å²) in [5.41, 5.74) is -1.14. The number of aromatic nitrogens is 3. The second-order valence-corrected chi connectivity index (χ2v) is 15.1. The van der Waals surface area contributed by atoms with E-state index in [-0.39, 0.29) is 75.6 Å². The Morgan fingerprint density at radius 1 is 0.821 bits per heavy atom. The van der Waals surface area contributed by atoms with Crippen LogP contribution < -0.4 is 21.3 Å². The van der Waals surface area contributed by atoms with Crippen molar-refractivity contribution in [2.45, 2.75) is 131 Å². The maximum Gasteiger partial charge on any atom is 0.307 e. The minimum atomic E-state index is -1.62. The third-order valence-electron chi connectivity index (χ3n) is 9.38. The number of hydrogen-bond acceptors (Lipinski definition) is 13. The number of carbonyl (C=O) groups excluding carboxylic acids is 7. The van der Waals surface area contributed by atoms with Crippen LogP contribution in [0.5, 0.6) is 0 Å². The first-order valence-electron chi connectivity index (χ1n) is 19.8. The number of amides is 4. The van der Waals surface area contributed by atoms with E-state index in [1.807, 2.05) is 46.4 Å². The molecule has 2 heterocycles. The van der Waals surface area contributed by atoms with Gasteiger partial charge in [-0.2, -0.15) is 0 Å². The summed E-state index contributed by atoms with van der Waals surface area (Å²) in [5.74, 6) is -4.13. The number of ketones is 1. The van der Waals surface area contributed by atoms with Crippen molar-refractivity contribution in [2.75, 3.05) is 45.9 Å². The number of Topliss-reactive ketones (excluding diaryl/α,β-unsaturated/α-hetero) is 1. The number of nitrogens with zero attached hydrogens (tertiary/aromatic N) is 4. The van der Waals surface area contributed by atoms with Crippen LogP contribution in [0, 0.1) is 11.8 Å². The van der Waals surface area contributed by atoms with Gasteiger partial charge in [-0.3, -0.25) is 38.5 Å². The highest BCUT2D eigenvalue weighted by Gasteiger charge is 2.41. The number of hydrogen-bond donors (Lipinski definition) is 4. The SMILES string of the molecule is CCC(CC)n1cc(COC(=O)CCC(=O)OC(C)(CC)C(=O)[C@H](CC(C)C)NC(=O)CNC(=O)[C@H](CC(C)C)NC(=O)CNC(=O)CN2CCOCC2)nn1. The maximum absolute atomic E-state index is 13.8. The van der Waals surface area contributed by atoms with Crippen LogP contribution in [0.15, 0.2) is 6.20 Å². The number of ether oxygens (including phenoxy) is 3. The van der Waals surface area contributed by atoms with Gasteiger partial charge < -0.3 is 35.5 Å². The standard InChI is InChI=1S/C38H64N8O10/c1-9-28(10-2)46-22-27(43-44-46)24-55-34(50)12-13-35(51)56-38(8,11-3)36(52)29(18-25(4)5)41-32(48)21-40-37(53)30(19-26(6)7)42-31(47)20-39-33(49)23-45-14-16-54-17-15-45/h22,25-26,28-30H,9-21,23-24H2,1-8H3,(H,39,49)(H,40,53)(H,41,48)(H,42,47)/t29-,30-,38?/m0/s1. The molecule has 56 heavy (non-hydrogen) atoms. The number of nitrogens with one attached hydrogen (secondary N) is 4. The number of rotatable bonds is 25. The van der Waals surface area contributed by atoms with E-state index in [1.165, 1.54) is 6.92 Å². The summed E-state index contributed by atoms with van der Waals surface area (Å²) in [7, 11) is 0. The first-order chi connectivity index (χ1) is 26.5. The van der Waals surface area contributed by atoms with Gasteiger partial charge in [0.2, 0.25) is 23.6 Å². The van der Waals surface area contributed by atoms with E-state index in [9.17, 15) is 33.6 Å². The summed E-state index contributed by atoms with van der Waals surface area (Å²) in [5, 5.41) is 18.5. The molecule has 0 saturated carbocycles. The third kappa shape index (κ3) is 17.1. The fourth-order valence-corrected chi connectivity index (χ4v) is 6.00. The Bertz CT molecular complexity index is 1460. The summed E-state index contributed by atoms with van der Waals surface area (Å²) in [6.07, 6.45) is 3.47. The molecule has 18 heteroatoms. The lowest BCUT2D eigenvalue weighted by Crippen LogP contribution is -2.55. The van der Waals surface area contributed by atoms with Crippen LogP contribution in [0.4, 0.5) is 0 Å². The Morgan fingerprint density at radius 2 is 1.39 bits per heavy atom. The van der Waals surface area contributed by atoms with Gasteiger partial charge in [-0.1, -0.05) is 53.7 Å². The van der Waals surface area contributed by atoms with Crippen molar-refractivity contribution >= 4 is 41.4 Å². The van der Waals surface area contributed by atoms with Gasteiger partial charge >= 0.3 is 11.9 Å². The van der Waals surface area contributed by atoms with Crippen molar-refractivity contribution < 1.29 is 47.8 Å². The van der Waals surface area contributed by atoms with Crippen molar-refractivity contribution in [1.29, 1.82) is 0 Å². The quantitative estimate of drug-likeness (QED) is 0.103. The summed E-state index contributed by atoms with van der Waals surface area (Å²) in [6, 6.07) is -1.84. The zero-order valence-corrected chi connectivity index (χ0v) is 34.4. The fraction of sp³-hybridized carbons (Fsp3) is 0.763. The topological polar surface area (TPSA) is 229 Å². The van der Waals surface area contributed by atoms with E-state index in [2.05, 4.69) is 31.6 Å². The molecular weight excluding hydrogens is 728 g/mol. The lowest BCUT2D eigenvalue weighted by Gasteiger charge is -2.32. The van der Waals surface area contributed by atoms with Crippen molar-refractivity contribution in [3.8, 4) is 0 Å². The number of carbonyl (C=O) groups is 7. The zero-order valence-electron chi connectivity index (χ0n) is 34.4. The van der Waals surface area contributed by atoms with Gasteiger partial charge in [-0.05, 0) is 50.9 Å². The fourth-order valence-electron chi connectivity index (χ4n) is 6.00. The second-order valence-electron chi connectivity index (χ2n) is 15.1. The highest BCUT2D eigenvalue weighted by Crippen LogP contribution is 2.23. The van der Waals surface area contributed by atoms with Crippen LogP contribution in [-0.4, -0.2) is 125 Å². The third-order valence-corrected chi connectivity index (χ3v) is 9.38. The molecule has 1 aliphatic rings. The molecular formula is C38H64N8O10. The first kappa shape index (κ1) is 47.7. The van der Waals surface area contributed by atoms with E-state index in [4.69, 9.17) is 14.2 Å². The Labute approximate surface area is 330 Å². The molecule has 1 saturated heterocycles. The molecule has 1 aromatic rings. The average Bonchev–Trinajstić information content (AvgIpc) is 3.62. The molecule has 18 nitrogen and oxygen atoms in total. The van der Waals surface area contributed by atoms with Crippen molar-refractivity contribution in [2.24, 2.45) is 11.8 Å². The largest absolute Gasteiger partial charge is 0.459 e. The normalized spacial score (nSPS) is 15.4. The van der Waals surface area contributed by atoms with Gasteiger partial charge in [0.1, 0.15) is 18.3 Å². The molecule has 1 unspecified atom stereocenters. The lowest BCUT2D eigenvalue weighted by molar-refractivity contribution is -0.168. The van der Waals surface area contributed by atoms with E-state index < -0.39 is 59.7 Å². The predicted molar refractivity (Wildman–Crippen MR) is 205 cm³/mol. The Kier molecular flexibility index (Phi) is 20.7. The number of morpholine rings is 1. The predicted octanol–water partition coefficient (Wildman–Crippen LogP) is 1.37. The molecule has 0 aliphatic carbocycles. The smallest absolute Gasteiger partial charge is 0.307 e. The van der Waals surface area contributed by atoms with Crippen LogP contribution in [-0.2, 0) is 54.4 Å². The molecule has 1 aromatic heterocycles. The van der Waals surface area contributed by atoms with Crippen LogP contribution in [0.25, 0.3) is 0 Å². The van der Waals surface area contributed by atoms with Crippen LogP contribution in [0.3, 0.4) is 0 Å². The molecule has 0 radical (unpaired) electrons. The first-order valence-corrected chi connectivity index (χ1v) is 19.8. The number of esters is 2. The van der Waals surface area contributed by atoms with Gasteiger partial charge in [0, 0.05) is 13.1 Å². The highest BCUT2D eigenvalue weighted by atomic mass is 16.6. The van der Waals surface area contributed by atoms with Gasteiger partial charge in [-0.15, -0.1) is 5.10 Å². The van der Waals surface area contributed by atoms with Gasteiger partial charge in [0.05, 0.1) is 64.0 Å². The van der Waals surface area contributed by atoms with E-state index in [0.29, 0.717) is 32.0 Å². The van der Waals surface area contributed by atoms with Crippen molar-refractivity contribution in [3.63, 3.8) is 0 Å². The van der Waals surface area contributed by atoms with Crippen LogP contribution in [0.2, 0.25) is 0 Å². The summed E-state index contributed by atoms with van der Waals surface area (Å²) in [4.78, 5) is 92.2. The molecule has 4 amide bonds. The summed E-state index contributed by atoms with van der Waals surface area (Å²) >= 11 is 0. The Balaban J connectivity index is 1.91. The Morgan fingerprint density at radius 3 is 1.98 bits per heavy atom.